The minimum absolute atomic E-state index is 0.0975. The van der Waals surface area contributed by atoms with Crippen molar-refractivity contribution in [3.05, 3.63) is 34.9 Å². The number of rotatable bonds is 2. The highest BCUT2D eigenvalue weighted by Crippen LogP contribution is 2.22. The van der Waals surface area contributed by atoms with Crippen LogP contribution in [0.5, 0.6) is 0 Å². The van der Waals surface area contributed by atoms with Crippen molar-refractivity contribution in [2.45, 2.75) is 44.6 Å². The average molecular weight is 258 g/mol. The van der Waals surface area contributed by atoms with E-state index >= 15 is 0 Å². The van der Waals surface area contributed by atoms with E-state index in [0.29, 0.717) is 6.04 Å². The van der Waals surface area contributed by atoms with E-state index in [0.717, 1.165) is 37.9 Å². The highest BCUT2D eigenvalue weighted by Gasteiger charge is 2.17. The van der Waals surface area contributed by atoms with Crippen LogP contribution in [0, 0.1) is 0 Å². The molecule has 1 aliphatic heterocycles. The van der Waals surface area contributed by atoms with E-state index in [1.54, 1.807) is 0 Å². The largest absolute Gasteiger partial charge is 0.349 e. The van der Waals surface area contributed by atoms with Gasteiger partial charge in [0.1, 0.15) is 0 Å². The standard InChI is InChI=1S/C16H22N2O/c19-16(18-15-7-9-17-10-8-15)14-6-5-12-3-1-2-4-13(12)11-14/h5-6,11,15,17H,1-4,7-10H2,(H,18,19). The number of piperidine rings is 1. The molecule has 2 N–H and O–H groups in total. The minimum atomic E-state index is 0.0975. The predicted molar refractivity (Wildman–Crippen MR) is 76.4 cm³/mol. The maximum Gasteiger partial charge on any atom is 0.251 e. The molecule has 0 saturated carbocycles. The van der Waals surface area contributed by atoms with Crippen LogP contribution in [0.15, 0.2) is 18.2 Å². The molecule has 0 bridgehead atoms. The number of amides is 1. The third-order valence-electron chi connectivity index (χ3n) is 4.29. The number of carbonyl (C=O) groups excluding carboxylic acids is 1. The lowest BCUT2D eigenvalue weighted by molar-refractivity contribution is 0.0929. The van der Waals surface area contributed by atoms with Crippen molar-refractivity contribution in [1.29, 1.82) is 0 Å². The molecule has 1 saturated heterocycles. The van der Waals surface area contributed by atoms with Crippen LogP contribution in [0.2, 0.25) is 0 Å². The molecule has 3 nitrogen and oxygen atoms in total. The van der Waals surface area contributed by atoms with Crippen LogP contribution in [0.1, 0.15) is 47.2 Å². The first-order valence-electron chi connectivity index (χ1n) is 7.46. The molecule has 3 heteroatoms. The van der Waals surface area contributed by atoms with Gasteiger partial charge in [0.2, 0.25) is 0 Å². The third-order valence-corrected chi connectivity index (χ3v) is 4.29. The number of benzene rings is 1. The van der Waals surface area contributed by atoms with Gasteiger partial charge < -0.3 is 10.6 Å². The second-order valence-electron chi connectivity index (χ2n) is 5.69. The van der Waals surface area contributed by atoms with Gasteiger partial charge in [-0.25, -0.2) is 0 Å². The number of aryl methyl sites for hydroxylation is 2. The molecule has 1 aliphatic carbocycles. The van der Waals surface area contributed by atoms with E-state index in [2.05, 4.69) is 22.8 Å². The number of fused-ring (bicyclic) bond motifs is 1. The SMILES string of the molecule is O=C(NC1CCNCC1)c1ccc2c(c1)CCCC2. The Bertz CT molecular complexity index is 464. The quantitative estimate of drug-likeness (QED) is 0.852. The summed E-state index contributed by atoms with van der Waals surface area (Å²) in [5, 5.41) is 6.48. The molecule has 0 spiro atoms. The summed E-state index contributed by atoms with van der Waals surface area (Å²) < 4.78 is 0. The van der Waals surface area contributed by atoms with Gasteiger partial charge in [-0.1, -0.05) is 6.07 Å². The van der Waals surface area contributed by atoms with Crippen LogP contribution >= 0.6 is 0 Å². The Morgan fingerprint density at radius 2 is 1.84 bits per heavy atom. The van der Waals surface area contributed by atoms with E-state index in [1.807, 2.05) is 6.07 Å². The molecule has 1 heterocycles. The van der Waals surface area contributed by atoms with Gasteiger partial charge in [0, 0.05) is 11.6 Å². The zero-order valence-corrected chi connectivity index (χ0v) is 11.4. The fraction of sp³-hybridized carbons (Fsp3) is 0.562. The Morgan fingerprint density at radius 3 is 2.63 bits per heavy atom. The Balaban J connectivity index is 1.69. The van der Waals surface area contributed by atoms with E-state index in [4.69, 9.17) is 0 Å². The molecular formula is C16H22N2O. The highest BCUT2D eigenvalue weighted by molar-refractivity contribution is 5.94. The first-order chi connectivity index (χ1) is 9.33. The lowest BCUT2D eigenvalue weighted by Crippen LogP contribution is -2.42. The molecule has 1 amide bonds. The smallest absolute Gasteiger partial charge is 0.251 e. The first-order valence-corrected chi connectivity index (χ1v) is 7.46. The topological polar surface area (TPSA) is 41.1 Å². The summed E-state index contributed by atoms with van der Waals surface area (Å²) in [6.45, 7) is 2.02. The molecule has 0 unspecified atom stereocenters. The average Bonchev–Trinajstić information content (AvgIpc) is 2.48. The minimum Gasteiger partial charge on any atom is -0.349 e. The van der Waals surface area contributed by atoms with Crippen LogP contribution in [-0.2, 0) is 12.8 Å². The number of nitrogens with one attached hydrogen (secondary N) is 2. The van der Waals surface area contributed by atoms with E-state index in [1.165, 1.54) is 30.4 Å². The normalized spacial score (nSPS) is 19.8. The second-order valence-corrected chi connectivity index (χ2v) is 5.69. The number of carbonyl (C=O) groups is 1. The summed E-state index contributed by atoms with van der Waals surface area (Å²) >= 11 is 0. The van der Waals surface area contributed by atoms with E-state index < -0.39 is 0 Å². The van der Waals surface area contributed by atoms with Gasteiger partial charge in [-0.2, -0.15) is 0 Å². The van der Waals surface area contributed by atoms with Gasteiger partial charge in [0.15, 0.2) is 0 Å². The first kappa shape index (κ1) is 12.7. The molecule has 0 radical (unpaired) electrons. The van der Waals surface area contributed by atoms with Gasteiger partial charge in [-0.05, 0) is 74.9 Å². The maximum absolute atomic E-state index is 12.3. The predicted octanol–water partition coefficient (Wildman–Crippen LogP) is 2.05. The van der Waals surface area contributed by atoms with Crippen molar-refractivity contribution in [3.8, 4) is 0 Å². The van der Waals surface area contributed by atoms with Crippen LogP contribution < -0.4 is 10.6 Å². The van der Waals surface area contributed by atoms with Crippen LogP contribution in [0.25, 0.3) is 0 Å². The Morgan fingerprint density at radius 1 is 1.11 bits per heavy atom. The molecule has 1 aromatic rings. The van der Waals surface area contributed by atoms with Gasteiger partial charge >= 0.3 is 0 Å². The van der Waals surface area contributed by atoms with E-state index in [9.17, 15) is 4.79 Å². The molecular weight excluding hydrogens is 236 g/mol. The Labute approximate surface area is 114 Å². The molecule has 0 atom stereocenters. The Hall–Kier alpha value is -1.35. The third kappa shape index (κ3) is 2.98. The van der Waals surface area contributed by atoms with Gasteiger partial charge in [-0.3, -0.25) is 4.79 Å². The fourth-order valence-corrected chi connectivity index (χ4v) is 3.11. The van der Waals surface area contributed by atoms with Crippen molar-refractivity contribution in [2.24, 2.45) is 0 Å². The number of hydrogen-bond acceptors (Lipinski definition) is 2. The zero-order chi connectivity index (χ0) is 13.1. The summed E-state index contributed by atoms with van der Waals surface area (Å²) in [5.41, 5.74) is 3.65. The molecule has 2 aliphatic rings. The molecule has 1 aromatic carbocycles. The molecule has 102 valence electrons. The second kappa shape index (κ2) is 5.74. The van der Waals surface area contributed by atoms with Crippen molar-refractivity contribution in [1.82, 2.24) is 10.6 Å². The summed E-state index contributed by atoms with van der Waals surface area (Å²) in [4.78, 5) is 12.3. The van der Waals surface area contributed by atoms with Crippen molar-refractivity contribution < 1.29 is 4.79 Å². The van der Waals surface area contributed by atoms with Crippen LogP contribution in [0.4, 0.5) is 0 Å². The van der Waals surface area contributed by atoms with Gasteiger partial charge in [-0.15, -0.1) is 0 Å². The fourth-order valence-electron chi connectivity index (χ4n) is 3.11. The van der Waals surface area contributed by atoms with Gasteiger partial charge in [0.25, 0.3) is 5.91 Å². The summed E-state index contributed by atoms with van der Waals surface area (Å²) in [6, 6.07) is 6.57. The zero-order valence-electron chi connectivity index (χ0n) is 11.4. The van der Waals surface area contributed by atoms with Crippen LogP contribution in [-0.4, -0.2) is 25.0 Å². The van der Waals surface area contributed by atoms with Crippen molar-refractivity contribution >= 4 is 5.91 Å². The molecule has 0 aromatic heterocycles. The monoisotopic (exact) mass is 258 g/mol. The summed E-state index contributed by atoms with van der Waals surface area (Å²) in [6.07, 6.45) is 6.92. The molecule has 19 heavy (non-hydrogen) atoms. The summed E-state index contributed by atoms with van der Waals surface area (Å²) in [5.74, 6) is 0.0975. The number of hydrogen-bond donors (Lipinski definition) is 2. The van der Waals surface area contributed by atoms with Crippen molar-refractivity contribution in [3.63, 3.8) is 0 Å². The van der Waals surface area contributed by atoms with E-state index in [-0.39, 0.29) is 5.91 Å². The lowest BCUT2D eigenvalue weighted by Gasteiger charge is -2.24. The Kier molecular flexibility index (Phi) is 3.83. The van der Waals surface area contributed by atoms with Crippen LogP contribution in [0.3, 0.4) is 0 Å². The molecule has 1 fully saturated rings. The lowest BCUT2D eigenvalue weighted by atomic mass is 9.90. The van der Waals surface area contributed by atoms with Crippen molar-refractivity contribution in [2.75, 3.05) is 13.1 Å². The molecule has 3 rings (SSSR count). The summed E-state index contributed by atoms with van der Waals surface area (Å²) in [7, 11) is 0. The maximum atomic E-state index is 12.3. The van der Waals surface area contributed by atoms with Gasteiger partial charge in [0.05, 0.1) is 0 Å². The highest BCUT2D eigenvalue weighted by atomic mass is 16.1.